The molecule has 2 fully saturated rings. The maximum atomic E-state index is 13.4. The molecule has 1 N–H and O–H groups in total. The van der Waals surface area contributed by atoms with Crippen molar-refractivity contribution in [2.24, 2.45) is 5.92 Å². The van der Waals surface area contributed by atoms with Crippen molar-refractivity contribution in [2.75, 3.05) is 68.8 Å². The molecule has 0 aromatic heterocycles. The van der Waals surface area contributed by atoms with Crippen LogP contribution in [0.3, 0.4) is 0 Å². The first kappa shape index (κ1) is 22.2. The number of rotatable bonds is 6. The van der Waals surface area contributed by atoms with Crippen molar-refractivity contribution >= 4 is 17.3 Å². The van der Waals surface area contributed by atoms with Crippen molar-refractivity contribution in [2.45, 2.75) is 18.9 Å². The minimum atomic E-state index is -0.224. The first-order valence-corrected chi connectivity index (χ1v) is 12.1. The van der Waals surface area contributed by atoms with Gasteiger partial charge in [0, 0.05) is 50.6 Å². The van der Waals surface area contributed by atoms with Crippen LogP contribution < -0.4 is 15.1 Å². The van der Waals surface area contributed by atoms with Gasteiger partial charge in [0.15, 0.2) is 0 Å². The van der Waals surface area contributed by atoms with Gasteiger partial charge in [-0.3, -0.25) is 9.69 Å². The molecule has 3 aliphatic heterocycles. The third-order valence-corrected chi connectivity index (χ3v) is 7.21. The molecule has 176 valence electrons. The summed E-state index contributed by atoms with van der Waals surface area (Å²) in [5, 5.41) is 3.23. The molecular formula is C26H33FN4O2. The Morgan fingerprint density at radius 3 is 2.64 bits per heavy atom. The summed E-state index contributed by atoms with van der Waals surface area (Å²) in [7, 11) is 0. The lowest BCUT2D eigenvalue weighted by Crippen LogP contribution is -2.61. The fourth-order valence-electron chi connectivity index (χ4n) is 5.41. The van der Waals surface area contributed by atoms with Gasteiger partial charge < -0.3 is 19.9 Å². The second-order valence-electron chi connectivity index (χ2n) is 9.22. The van der Waals surface area contributed by atoms with Crippen LogP contribution in [0.1, 0.15) is 12.0 Å². The van der Waals surface area contributed by atoms with Crippen molar-refractivity contribution < 1.29 is 13.9 Å². The van der Waals surface area contributed by atoms with Crippen LogP contribution in [0.4, 0.5) is 15.8 Å². The van der Waals surface area contributed by atoms with E-state index < -0.39 is 0 Å². The van der Waals surface area contributed by atoms with Crippen molar-refractivity contribution in [3.05, 3.63) is 59.9 Å². The number of amides is 1. The third-order valence-electron chi connectivity index (χ3n) is 7.21. The second kappa shape index (κ2) is 10.1. The average molecular weight is 453 g/mol. The summed E-state index contributed by atoms with van der Waals surface area (Å²) in [6.07, 6.45) is 1.70. The number of morpholine rings is 1. The predicted molar refractivity (Wildman–Crippen MR) is 128 cm³/mol. The molecule has 0 radical (unpaired) electrons. The maximum Gasteiger partial charge on any atom is 0.225 e. The number of carbonyl (C=O) groups is 1. The van der Waals surface area contributed by atoms with E-state index in [1.807, 2.05) is 12.1 Å². The number of nitrogens with one attached hydrogen (secondary N) is 1. The molecule has 7 heteroatoms. The number of hydrogen-bond donors (Lipinski definition) is 1. The quantitative estimate of drug-likeness (QED) is 0.683. The highest BCUT2D eigenvalue weighted by molar-refractivity contribution is 5.82. The van der Waals surface area contributed by atoms with Crippen LogP contribution in [0, 0.1) is 11.7 Å². The Morgan fingerprint density at radius 1 is 1.03 bits per heavy atom. The summed E-state index contributed by atoms with van der Waals surface area (Å²) in [5.41, 5.74) is 3.51. The van der Waals surface area contributed by atoms with Gasteiger partial charge in [-0.15, -0.1) is 0 Å². The number of piperazine rings is 1. The highest BCUT2D eigenvalue weighted by atomic mass is 19.1. The van der Waals surface area contributed by atoms with E-state index >= 15 is 0 Å². The van der Waals surface area contributed by atoms with Gasteiger partial charge >= 0.3 is 0 Å². The molecule has 1 amide bonds. The van der Waals surface area contributed by atoms with Crippen LogP contribution >= 0.6 is 0 Å². The van der Waals surface area contributed by atoms with Crippen LogP contribution in [-0.2, 0) is 16.0 Å². The Morgan fingerprint density at radius 2 is 1.82 bits per heavy atom. The first-order chi connectivity index (χ1) is 16.2. The van der Waals surface area contributed by atoms with Crippen LogP contribution in [-0.4, -0.2) is 75.9 Å². The fourth-order valence-corrected chi connectivity index (χ4v) is 5.41. The minimum Gasteiger partial charge on any atom is -0.379 e. The van der Waals surface area contributed by atoms with E-state index in [1.54, 1.807) is 0 Å². The van der Waals surface area contributed by atoms with Gasteiger partial charge in [-0.1, -0.05) is 18.2 Å². The summed E-state index contributed by atoms with van der Waals surface area (Å²) >= 11 is 0. The highest BCUT2D eigenvalue weighted by Crippen LogP contribution is 2.36. The molecule has 3 heterocycles. The Balaban J connectivity index is 1.26. The zero-order valence-electron chi connectivity index (χ0n) is 19.1. The molecule has 0 bridgehead atoms. The van der Waals surface area contributed by atoms with Crippen molar-refractivity contribution in [3.63, 3.8) is 0 Å². The van der Waals surface area contributed by atoms with E-state index in [9.17, 15) is 9.18 Å². The van der Waals surface area contributed by atoms with Crippen LogP contribution in [0.25, 0.3) is 0 Å². The Bertz CT molecular complexity index is 948. The number of nitrogens with zero attached hydrogens (tertiary/aromatic N) is 3. The normalized spacial score (nSPS) is 23.1. The zero-order chi connectivity index (χ0) is 22.6. The van der Waals surface area contributed by atoms with Gasteiger partial charge in [0.1, 0.15) is 5.82 Å². The standard InChI is InChI=1S/C26H33FN4O2/c27-21-6-8-22(9-7-21)30-12-13-31-24-5-2-1-4-20(24)18-23(25(31)19-30)26(32)28-10-3-11-29-14-16-33-17-15-29/h1-2,4-9,23,25H,3,10-19H2,(H,28,32). The van der Waals surface area contributed by atoms with Gasteiger partial charge in [-0.25, -0.2) is 4.39 Å². The molecule has 5 rings (SSSR count). The van der Waals surface area contributed by atoms with Gasteiger partial charge in [0.05, 0.1) is 25.2 Å². The molecular weight excluding hydrogens is 419 g/mol. The van der Waals surface area contributed by atoms with Crippen molar-refractivity contribution in [1.29, 1.82) is 0 Å². The Hall–Kier alpha value is -2.64. The number of benzene rings is 2. The molecule has 2 atom stereocenters. The van der Waals surface area contributed by atoms with Gasteiger partial charge in [-0.05, 0) is 55.3 Å². The van der Waals surface area contributed by atoms with Gasteiger partial charge in [0.2, 0.25) is 5.91 Å². The van der Waals surface area contributed by atoms with Crippen LogP contribution in [0.5, 0.6) is 0 Å². The summed E-state index contributed by atoms with van der Waals surface area (Å²) in [4.78, 5) is 20.5. The number of para-hydroxylation sites is 1. The summed E-state index contributed by atoms with van der Waals surface area (Å²) in [6.45, 7) is 7.70. The minimum absolute atomic E-state index is 0.0953. The molecule has 2 aromatic carbocycles. The largest absolute Gasteiger partial charge is 0.379 e. The van der Waals surface area contributed by atoms with E-state index in [0.717, 1.165) is 71.0 Å². The lowest BCUT2D eigenvalue weighted by Gasteiger charge is -2.49. The van der Waals surface area contributed by atoms with Crippen molar-refractivity contribution in [1.82, 2.24) is 10.2 Å². The first-order valence-electron chi connectivity index (χ1n) is 12.1. The van der Waals surface area contributed by atoms with Gasteiger partial charge in [0.25, 0.3) is 0 Å². The summed E-state index contributed by atoms with van der Waals surface area (Å²) in [6, 6.07) is 15.2. The lowest BCUT2D eigenvalue weighted by molar-refractivity contribution is -0.125. The second-order valence-corrected chi connectivity index (χ2v) is 9.22. The summed E-state index contributed by atoms with van der Waals surface area (Å²) in [5.74, 6) is -0.188. The number of carbonyl (C=O) groups excluding carboxylic acids is 1. The lowest BCUT2D eigenvalue weighted by atomic mass is 9.83. The van der Waals surface area contributed by atoms with Crippen molar-refractivity contribution in [3.8, 4) is 0 Å². The number of hydrogen-bond acceptors (Lipinski definition) is 5. The molecule has 0 aliphatic carbocycles. The summed E-state index contributed by atoms with van der Waals surface area (Å²) < 4.78 is 18.8. The molecule has 2 saturated heterocycles. The molecule has 0 saturated carbocycles. The average Bonchev–Trinajstić information content (AvgIpc) is 2.87. The van der Waals surface area contributed by atoms with E-state index in [4.69, 9.17) is 4.74 Å². The van der Waals surface area contributed by atoms with E-state index in [2.05, 4.69) is 44.3 Å². The van der Waals surface area contributed by atoms with E-state index in [0.29, 0.717) is 6.54 Å². The Kier molecular flexibility index (Phi) is 6.78. The number of fused-ring (bicyclic) bond motifs is 3. The smallest absolute Gasteiger partial charge is 0.225 e. The Labute approximate surface area is 195 Å². The van der Waals surface area contributed by atoms with Crippen LogP contribution in [0.2, 0.25) is 0 Å². The molecule has 33 heavy (non-hydrogen) atoms. The fraction of sp³-hybridized carbons (Fsp3) is 0.500. The predicted octanol–water partition coefficient (Wildman–Crippen LogP) is 2.53. The topological polar surface area (TPSA) is 48.1 Å². The van der Waals surface area contributed by atoms with E-state index in [1.165, 1.54) is 23.4 Å². The molecule has 3 aliphatic rings. The maximum absolute atomic E-state index is 13.4. The highest BCUT2D eigenvalue weighted by Gasteiger charge is 2.41. The monoisotopic (exact) mass is 452 g/mol. The molecule has 2 unspecified atom stereocenters. The number of ether oxygens (including phenoxy) is 1. The number of halogens is 1. The van der Waals surface area contributed by atoms with Crippen LogP contribution in [0.15, 0.2) is 48.5 Å². The molecule has 6 nitrogen and oxygen atoms in total. The van der Waals surface area contributed by atoms with E-state index in [-0.39, 0.29) is 23.7 Å². The SMILES string of the molecule is O=C(NCCCN1CCOCC1)C1Cc2ccccc2N2CCN(c3ccc(F)cc3)CC12. The number of anilines is 2. The zero-order valence-corrected chi connectivity index (χ0v) is 19.1. The van der Waals surface area contributed by atoms with Gasteiger partial charge in [-0.2, -0.15) is 0 Å². The molecule has 2 aromatic rings. The third kappa shape index (κ3) is 4.99. The molecule has 0 spiro atoms.